The van der Waals surface area contributed by atoms with Crippen LogP contribution in [-0.2, 0) is 6.54 Å². The van der Waals surface area contributed by atoms with Crippen LogP contribution < -0.4 is 5.73 Å². The average Bonchev–Trinajstić information content (AvgIpc) is 2.69. The van der Waals surface area contributed by atoms with Gasteiger partial charge >= 0.3 is 0 Å². The number of hydrogen-bond donors (Lipinski definition) is 1. The maximum Gasteiger partial charge on any atom is 0.128 e. The molecular weight excluding hydrogens is 205 g/mol. The van der Waals surface area contributed by atoms with E-state index in [1.807, 2.05) is 17.6 Å². The molecule has 1 aromatic heterocycles. The second-order valence-corrected chi connectivity index (χ2v) is 3.83. The Labute approximate surface area is 93.7 Å². The predicted octanol–water partition coefficient (Wildman–Crippen LogP) is 2.09. The normalized spacial score (nSPS) is 12.7. The summed E-state index contributed by atoms with van der Waals surface area (Å²) in [6, 6.07) is 6.62. The van der Waals surface area contributed by atoms with Crippen LogP contribution in [-0.4, -0.2) is 9.55 Å². The Morgan fingerprint density at radius 3 is 2.88 bits per heavy atom. The third-order valence-corrected chi connectivity index (χ3v) is 2.51. The van der Waals surface area contributed by atoms with E-state index in [0.29, 0.717) is 12.1 Å². The van der Waals surface area contributed by atoms with Crippen molar-refractivity contribution in [2.45, 2.75) is 19.5 Å². The Bertz CT molecular complexity index is 477. The summed E-state index contributed by atoms with van der Waals surface area (Å²) in [5.74, 6) is -0.202. The first-order chi connectivity index (χ1) is 7.68. The van der Waals surface area contributed by atoms with Crippen LogP contribution in [0.15, 0.2) is 36.8 Å². The van der Waals surface area contributed by atoms with Crippen molar-refractivity contribution in [3.63, 3.8) is 0 Å². The van der Waals surface area contributed by atoms with Gasteiger partial charge in [-0.1, -0.05) is 18.2 Å². The molecule has 0 aliphatic carbocycles. The van der Waals surface area contributed by atoms with Crippen LogP contribution in [0.4, 0.5) is 4.39 Å². The molecule has 0 spiro atoms. The molecule has 0 saturated heterocycles. The molecule has 0 aliphatic rings. The summed E-state index contributed by atoms with van der Waals surface area (Å²) in [6.45, 7) is 2.35. The van der Waals surface area contributed by atoms with Crippen LogP contribution in [0, 0.1) is 5.82 Å². The highest BCUT2D eigenvalue weighted by molar-refractivity contribution is 5.19. The highest BCUT2D eigenvalue weighted by Crippen LogP contribution is 2.13. The van der Waals surface area contributed by atoms with Crippen LogP contribution in [0.2, 0.25) is 0 Å². The summed E-state index contributed by atoms with van der Waals surface area (Å²) >= 11 is 0. The number of nitrogens with two attached hydrogens (primary N) is 1. The first-order valence-electron chi connectivity index (χ1n) is 5.17. The molecular formula is C12H14FN3. The molecule has 0 saturated carbocycles. The van der Waals surface area contributed by atoms with Gasteiger partial charge in [0.25, 0.3) is 0 Å². The van der Waals surface area contributed by atoms with Crippen LogP contribution in [0.3, 0.4) is 0 Å². The lowest BCUT2D eigenvalue weighted by Crippen LogP contribution is -2.12. The molecule has 0 unspecified atom stereocenters. The van der Waals surface area contributed by atoms with Gasteiger partial charge in [-0.2, -0.15) is 0 Å². The zero-order valence-electron chi connectivity index (χ0n) is 9.10. The smallest absolute Gasteiger partial charge is 0.128 e. The Hall–Kier alpha value is -1.68. The molecule has 84 valence electrons. The zero-order chi connectivity index (χ0) is 11.5. The fraction of sp³-hybridized carbons (Fsp3) is 0.250. The standard InChI is InChI=1S/C12H14FN3/c1-9(14)12-6-15-8-16(12)7-10-4-2-3-5-11(10)13/h2-6,8-9H,7,14H2,1H3/t9-/m1/s1. The van der Waals surface area contributed by atoms with Crippen molar-refractivity contribution in [3.8, 4) is 0 Å². The lowest BCUT2D eigenvalue weighted by molar-refractivity contribution is 0.589. The van der Waals surface area contributed by atoms with Crippen molar-refractivity contribution in [1.82, 2.24) is 9.55 Å². The Kier molecular flexibility index (Phi) is 3.01. The quantitative estimate of drug-likeness (QED) is 0.859. The lowest BCUT2D eigenvalue weighted by Gasteiger charge is -2.11. The van der Waals surface area contributed by atoms with E-state index in [1.54, 1.807) is 24.7 Å². The molecule has 1 atom stereocenters. The van der Waals surface area contributed by atoms with Crippen LogP contribution >= 0.6 is 0 Å². The minimum Gasteiger partial charge on any atom is -0.329 e. The zero-order valence-corrected chi connectivity index (χ0v) is 9.10. The SMILES string of the molecule is C[C@@H](N)c1cncn1Cc1ccccc1F. The van der Waals surface area contributed by atoms with E-state index in [9.17, 15) is 4.39 Å². The number of halogens is 1. The minimum atomic E-state index is -0.202. The van der Waals surface area contributed by atoms with Gasteiger partial charge in [-0.3, -0.25) is 0 Å². The molecule has 2 aromatic rings. The molecule has 2 N–H and O–H groups in total. The first-order valence-corrected chi connectivity index (χ1v) is 5.17. The topological polar surface area (TPSA) is 43.8 Å². The van der Waals surface area contributed by atoms with E-state index in [4.69, 9.17) is 5.73 Å². The molecule has 0 amide bonds. The summed E-state index contributed by atoms with van der Waals surface area (Å²) in [4.78, 5) is 4.03. The minimum absolute atomic E-state index is 0.103. The lowest BCUT2D eigenvalue weighted by atomic mass is 10.2. The van der Waals surface area contributed by atoms with Gasteiger partial charge in [0, 0.05) is 17.8 Å². The molecule has 2 rings (SSSR count). The second kappa shape index (κ2) is 4.45. The predicted molar refractivity (Wildman–Crippen MR) is 60.3 cm³/mol. The number of nitrogens with zero attached hydrogens (tertiary/aromatic N) is 2. The molecule has 0 fully saturated rings. The highest BCUT2D eigenvalue weighted by atomic mass is 19.1. The fourth-order valence-corrected chi connectivity index (χ4v) is 1.65. The van der Waals surface area contributed by atoms with Gasteiger partial charge < -0.3 is 10.3 Å². The number of rotatable bonds is 3. The summed E-state index contributed by atoms with van der Waals surface area (Å²) in [5, 5.41) is 0. The Balaban J connectivity index is 2.27. The Morgan fingerprint density at radius 2 is 2.19 bits per heavy atom. The third kappa shape index (κ3) is 2.12. The van der Waals surface area contributed by atoms with Crippen molar-refractivity contribution in [2.24, 2.45) is 5.73 Å². The molecule has 1 aromatic carbocycles. The van der Waals surface area contributed by atoms with Crippen LogP contribution in [0.25, 0.3) is 0 Å². The second-order valence-electron chi connectivity index (χ2n) is 3.83. The molecule has 0 bridgehead atoms. The van der Waals surface area contributed by atoms with Crippen molar-refractivity contribution in [2.75, 3.05) is 0 Å². The van der Waals surface area contributed by atoms with Gasteiger partial charge in [-0.25, -0.2) is 9.37 Å². The van der Waals surface area contributed by atoms with Crippen molar-refractivity contribution in [3.05, 3.63) is 53.9 Å². The van der Waals surface area contributed by atoms with Crippen molar-refractivity contribution >= 4 is 0 Å². The van der Waals surface area contributed by atoms with E-state index in [1.165, 1.54) is 6.07 Å². The van der Waals surface area contributed by atoms with Crippen LogP contribution in [0.5, 0.6) is 0 Å². The molecule has 0 radical (unpaired) electrons. The third-order valence-electron chi connectivity index (χ3n) is 2.51. The van der Waals surface area contributed by atoms with Gasteiger partial charge in [-0.15, -0.1) is 0 Å². The number of imidazole rings is 1. The number of hydrogen-bond acceptors (Lipinski definition) is 2. The average molecular weight is 219 g/mol. The summed E-state index contributed by atoms with van der Waals surface area (Å²) in [5.41, 5.74) is 7.34. The van der Waals surface area contributed by atoms with Gasteiger partial charge in [0.1, 0.15) is 5.82 Å². The Morgan fingerprint density at radius 1 is 1.44 bits per heavy atom. The summed E-state index contributed by atoms with van der Waals surface area (Å²) in [7, 11) is 0. The van der Waals surface area contributed by atoms with Gasteiger partial charge in [0.2, 0.25) is 0 Å². The molecule has 0 aliphatic heterocycles. The first kappa shape index (κ1) is 10.8. The van der Waals surface area contributed by atoms with Crippen molar-refractivity contribution < 1.29 is 4.39 Å². The molecule has 4 heteroatoms. The van der Waals surface area contributed by atoms with E-state index < -0.39 is 0 Å². The molecule has 16 heavy (non-hydrogen) atoms. The van der Waals surface area contributed by atoms with Gasteiger partial charge in [-0.05, 0) is 13.0 Å². The number of aromatic nitrogens is 2. The number of benzene rings is 1. The maximum absolute atomic E-state index is 13.4. The van der Waals surface area contributed by atoms with E-state index in [0.717, 1.165) is 5.69 Å². The van der Waals surface area contributed by atoms with Crippen molar-refractivity contribution in [1.29, 1.82) is 0 Å². The van der Waals surface area contributed by atoms with E-state index >= 15 is 0 Å². The maximum atomic E-state index is 13.4. The fourth-order valence-electron chi connectivity index (χ4n) is 1.65. The molecule has 3 nitrogen and oxygen atoms in total. The van der Waals surface area contributed by atoms with E-state index in [-0.39, 0.29) is 11.9 Å². The van der Waals surface area contributed by atoms with Gasteiger partial charge in [0.15, 0.2) is 0 Å². The van der Waals surface area contributed by atoms with E-state index in [2.05, 4.69) is 4.98 Å². The summed E-state index contributed by atoms with van der Waals surface area (Å²) < 4.78 is 15.3. The highest BCUT2D eigenvalue weighted by Gasteiger charge is 2.08. The monoisotopic (exact) mass is 219 g/mol. The largest absolute Gasteiger partial charge is 0.329 e. The van der Waals surface area contributed by atoms with Crippen LogP contribution in [0.1, 0.15) is 24.2 Å². The molecule has 1 heterocycles. The summed E-state index contributed by atoms with van der Waals surface area (Å²) in [6.07, 6.45) is 3.39. The van der Waals surface area contributed by atoms with Gasteiger partial charge in [0.05, 0.1) is 18.6 Å².